The lowest BCUT2D eigenvalue weighted by Crippen LogP contribution is -2.33. The molecule has 0 aromatic carbocycles. The second kappa shape index (κ2) is 17.0. The number of rotatable bonds is 22. The van der Waals surface area contributed by atoms with E-state index in [-0.39, 0.29) is 10.8 Å². The van der Waals surface area contributed by atoms with E-state index in [1.807, 2.05) is 0 Å². The normalized spacial score (nSPS) is 24.8. The number of ketones is 1. The lowest BCUT2D eigenvalue weighted by Gasteiger charge is -2.43. The highest BCUT2D eigenvalue weighted by molar-refractivity contribution is 5.90. The Kier molecular flexibility index (Phi) is 14.1. The van der Waals surface area contributed by atoms with Gasteiger partial charge in [0.25, 0.3) is 0 Å². The minimum absolute atomic E-state index is 0.00263. The first kappa shape index (κ1) is 30.7. The predicted octanol–water partition coefficient (Wildman–Crippen LogP) is 12.0. The topological polar surface area (TPSA) is 17.1 Å². The van der Waals surface area contributed by atoms with Gasteiger partial charge in [0.2, 0.25) is 0 Å². The SMILES string of the molecule is CCCCCCCCCCCCC1=C2C=CCC[C@]23CC(=O)[C@](CCCCCCCCCCCC)(C1)C3. The molecule has 0 aliphatic heterocycles. The summed E-state index contributed by atoms with van der Waals surface area (Å²) in [6.07, 6.45) is 40.7. The van der Waals surface area contributed by atoms with Gasteiger partial charge in [0.1, 0.15) is 5.78 Å². The van der Waals surface area contributed by atoms with Crippen LogP contribution in [0.3, 0.4) is 0 Å². The summed E-state index contributed by atoms with van der Waals surface area (Å²) in [4.78, 5) is 13.6. The molecule has 1 heteroatoms. The molecule has 0 N–H and O–H groups in total. The van der Waals surface area contributed by atoms with Crippen molar-refractivity contribution in [1.82, 2.24) is 0 Å². The first-order valence-electron chi connectivity index (χ1n) is 17.1. The number of carbonyl (C=O) groups is 1. The van der Waals surface area contributed by atoms with Gasteiger partial charge >= 0.3 is 0 Å². The second-order valence-corrected chi connectivity index (χ2v) is 13.3. The summed E-state index contributed by atoms with van der Waals surface area (Å²) in [5.74, 6) is 0.634. The summed E-state index contributed by atoms with van der Waals surface area (Å²) in [6.45, 7) is 4.60. The van der Waals surface area contributed by atoms with E-state index in [0.717, 1.165) is 12.8 Å². The van der Waals surface area contributed by atoms with Gasteiger partial charge < -0.3 is 0 Å². The van der Waals surface area contributed by atoms with E-state index in [2.05, 4.69) is 26.0 Å². The Labute approximate surface area is 231 Å². The van der Waals surface area contributed by atoms with Gasteiger partial charge in [-0.1, -0.05) is 154 Å². The number of allylic oxidation sites excluding steroid dienone is 4. The Balaban J connectivity index is 1.40. The Morgan fingerprint density at radius 2 is 1.16 bits per heavy atom. The van der Waals surface area contributed by atoms with Crippen molar-refractivity contribution in [2.24, 2.45) is 10.8 Å². The van der Waals surface area contributed by atoms with E-state index >= 15 is 0 Å². The van der Waals surface area contributed by atoms with Crippen LogP contribution in [0.15, 0.2) is 23.3 Å². The number of hydrogen-bond donors (Lipinski definition) is 0. The fourth-order valence-electron chi connectivity index (χ4n) is 8.02. The minimum Gasteiger partial charge on any atom is -0.299 e. The van der Waals surface area contributed by atoms with Crippen LogP contribution in [-0.4, -0.2) is 5.78 Å². The van der Waals surface area contributed by atoms with Crippen LogP contribution in [0.4, 0.5) is 0 Å². The number of Topliss-reactive ketones (excluding diaryl/α,β-unsaturated/α-hetero) is 1. The first-order chi connectivity index (χ1) is 18.2. The zero-order valence-corrected chi connectivity index (χ0v) is 25.2. The third-order valence-corrected chi connectivity index (χ3v) is 10.2. The quantitative estimate of drug-likeness (QED) is 0.132. The zero-order valence-electron chi connectivity index (χ0n) is 25.2. The molecule has 37 heavy (non-hydrogen) atoms. The van der Waals surface area contributed by atoms with E-state index in [1.54, 1.807) is 11.1 Å². The third-order valence-electron chi connectivity index (χ3n) is 10.2. The highest BCUT2D eigenvalue weighted by atomic mass is 16.1. The van der Waals surface area contributed by atoms with Crippen molar-refractivity contribution < 1.29 is 4.79 Å². The molecule has 0 aromatic heterocycles. The highest BCUT2D eigenvalue weighted by Gasteiger charge is 2.58. The van der Waals surface area contributed by atoms with Crippen molar-refractivity contribution >= 4 is 5.78 Å². The lowest BCUT2D eigenvalue weighted by molar-refractivity contribution is -0.126. The largest absolute Gasteiger partial charge is 0.299 e. The standard InChI is InChI=1S/C36H62O/c1-3-5-7-9-11-13-15-17-19-21-25-32-29-36(28-23-20-18-16-14-12-10-8-6-4-2)31-35(30-34(36)37)27-24-22-26-33(32)35/h22,26H,3-21,23-25,27-31H2,1-2H3/t35-,36-/m1/s1. The van der Waals surface area contributed by atoms with Gasteiger partial charge in [-0.2, -0.15) is 0 Å². The van der Waals surface area contributed by atoms with Gasteiger partial charge in [0.05, 0.1) is 0 Å². The molecule has 3 aliphatic carbocycles. The monoisotopic (exact) mass is 510 g/mol. The smallest absolute Gasteiger partial charge is 0.140 e. The van der Waals surface area contributed by atoms with Gasteiger partial charge in [0, 0.05) is 17.3 Å². The molecule has 0 unspecified atom stereocenters. The maximum absolute atomic E-state index is 13.6. The molecule has 0 heterocycles. The third kappa shape index (κ3) is 9.39. The molecule has 0 saturated heterocycles. The second-order valence-electron chi connectivity index (χ2n) is 13.3. The number of hydrogen-bond acceptors (Lipinski definition) is 1. The number of fused-ring (bicyclic) bond motifs is 1. The Bertz CT molecular complexity index is 714. The van der Waals surface area contributed by atoms with E-state index < -0.39 is 0 Å². The van der Waals surface area contributed by atoms with Crippen LogP contribution in [0.5, 0.6) is 0 Å². The van der Waals surface area contributed by atoms with Crippen LogP contribution >= 0.6 is 0 Å². The van der Waals surface area contributed by atoms with Crippen molar-refractivity contribution in [2.45, 2.75) is 187 Å². The fourth-order valence-corrected chi connectivity index (χ4v) is 8.02. The van der Waals surface area contributed by atoms with Gasteiger partial charge in [-0.25, -0.2) is 0 Å². The van der Waals surface area contributed by atoms with Crippen molar-refractivity contribution in [2.75, 3.05) is 0 Å². The highest BCUT2D eigenvalue weighted by Crippen LogP contribution is 2.64. The number of unbranched alkanes of at least 4 members (excludes halogenated alkanes) is 18. The molecule has 3 aliphatic rings. The molecular formula is C36H62O. The van der Waals surface area contributed by atoms with E-state index in [1.165, 1.54) is 161 Å². The summed E-state index contributed by atoms with van der Waals surface area (Å²) < 4.78 is 0. The van der Waals surface area contributed by atoms with Gasteiger partial charge in [-0.15, -0.1) is 0 Å². The molecule has 2 atom stereocenters. The fraction of sp³-hybridized carbons (Fsp3) is 0.861. The first-order valence-corrected chi connectivity index (χ1v) is 17.1. The van der Waals surface area contributed by atoms with Crippen molar-refractivity contribution in [3.8, 4) is 0 Å². The van der Waals surface area contributed by atoms with E-state index in [0.29, 0.717) is 5.78 Å². The molecule has 212 valence electrons. The molecule has 0 radical (unpaired) electrons. The van der Waals surface area contributed by atoms with Gasteiger partial charge in [-0.05, 0) is 50.5 Å². The number of carbonyl (C=O) groups excluding carboxylic acids is 1. The Morgan fingerprint density at radius 1 is 0.649 bits per heavy atom. The summed E-state index contributed by atoms with van der Waals surface area (Å²) in [7, 11) is 0. The predicted molar refractivity (Wildman–Crippen MR) is 162 cm³/mol. The molecule has 1 spiro atoms. The molecule has 1 saturated carbocycles. The molecule has 0 aromatic rings. The van der Waals surface area contributed by atoms with Gasteiger partial charge in [0.15, 0.2) is 0 Å². The average molecular weight is 511 g/mol. The van der Waals surface area contributed by atoms with Crippen LogP contribution in [0.2, 0.25) is 0 Å². The van der Waals surface area contributed by atoms with Crippen LogP contribution in [0, 0.1) is 10.8 Å². The maximum atomic E-state index is 13.6. The van der Waals surface area contributed by atoms with Crippen LogP contribution in [0.25, 0.3) is 0 Å². The Hall–Kier alpha value is -0.850. The van der Waals surface area contributed by atoms with Crippen LogP contribution in [0.1, 0.15) is 187 Å². The Morgan fingerprint density at radius 3 is 1.73 bits per heavy atom. The summed E-state index contributed by atoms with van der Waals surface area (Å²) in [5.41, 5.74) is 3.54. The van der Waals surface area contributed by atoms with E-state index in [9.17, 15) is 4.79 Å². The van der Waals surface area contributed by atoms with Gasteiger partial charge in [-0.3, -0.25) is 4.79 Å². The van der Waals surface area contributed by atoms with Crippen molar-refractivity contribution in [3.05, 3.63) is 23.3 Å². The van der Waals surface area contributed by atoms with Crippen LogP contribution < -0.4 is 0 Å². The molecule has 2 bridgehead atoms. The van der Waals surface area contributed by atoms with E-state index in [4.69, 9.17) is 0 Å². The molecule has 0 amide bonds. The summed E-state index contributed by atoms with van der Waals surface area (Å²) in [5, 5.41) is 0. The minimum atomic E-state index is 0.00263. The van der Waals surface area contributed by atoms with Crippen LogP contribution in [-0.2, 0) is 4.79 Å². The molecule has 3 rings (SSSR count). The van der Waals surface area contributed by atoms with Crippen molar-refractivity contribution in [1.29, 1.82) is 0 Å². The molecule has 1 nitrogen and oxygen atoms in total. The van der Waals surface area contributed by atoms with Crippen molar-refractivity contribution in [3.63, 3.8) is 0 Å². The zero-order chi connectivity index (χ0) is 26.2. The average Bonchev–Trinajstić information content (AvgIpc) is 3.11. The summed E-state index contributed by atoms with van der Waals surface area (Å²) >= 11 is 0. The lowest BCUT2D eigenvalue weighted by atomic mass is 9.61. The summed E-state index contributed by atoms with van der Waals surface area (Å²) in [6, 6.07) is 0. The molecule has 1 fully saturated rings. The maximum Gasteiger partial charge on any atom is 0.140 e. The molecular weight excluding hydrogens is 448 g/mol.